The number of benzene rings is 1. The van der Waals surface area contributed by atoms with E-state index >= 15 is 0 Å². The molecule has 2 amide bonds. The Bertz CT molecular complexity index is 556. The highest BCUT2D eigenvalue weighted by molar-refractivity contribution is 5.75. The van der Waals surface area contributed by atoms with Crippen LogP contribution in [0, 0.1) is 13.8 Å². The highest BCUT2D eigenvalue weighted by Gasteiger charge is 2.24. The van der Waals surface area contributed by atoms with E-state index < -0.39 is 0 Å². The third-order valence-electron chi connectivity index (χ3n) is 5.67. The minimum Gasteiger partial charge on any atom is -0.368 e. The van der Waals surface area contributed by atoms with Crippen LogP contribution in [0.15, 0.2) is 18.2 Å². The lowest BCUT2D eigenvalue weighted by molar-refractivity contribution is 0.189. The van der Waals surface area contributed by atoms with Gasteiger partial charge < -0.3 is 15.1 Å². The first kappa shape index (κ1) is 17.1. The second kappa shape index (κ2) is 7.91. The molecule has 0 aromatic heterocycles. The van der Waals surface area contributed by atoms with Crippen molar-refractivity contribution >= 4 is 11.7 Å². The van der Waals surface area contributed by atoms with Gasteiger partial charge in [0.05, 0.1) is 0 Å². The van der Waals surface area contributed by atoms with Gasteiger partial charge in [0, 0.05) is 37.9 Å². The molecule has 1 aromatic carbocycles. The molecule has 1 aliphatic heterocycles. The van der Waals surface area contributed by atoms with Gasteiger partial charge in [0.25, 0.3) is 0 Å². The van der Waals surface area contributed by atoms with E-state index in [-0.39, 0.29) is 6.03 Å². The summed E-state index contributed by atoms with van der Waals surface area (Å²) in [6.45, 7) is 7.81. The quantitative estimate of drug-likeness (QED) is 0.836. The number of amides is 2. The normalized spacial score (nSPS) is 19.9. The molecule has 1 aliphatic carbocycles. The average Bonchev–Trinajstić information content (AvgIpc) is 2.86. The van der Waals surface area contributed by atoms with Gasteiger partial charge in [-0.15, -0.1) is 0 Å². The molecule has 1 N–H and O–H groups in total. The van der Waals surface area contributed by atoms with Gasteiger partial charge in [-0.3, -0.25) is 0 Å². The first-order valence-corrected chi connectivity index (χ1v) is 9.52. The van der Waals surface area contributed by atoms with E-state index in [9.17, 15) is 4.79 Å². The van der Waals surface area contributed by atoms with Crippen LogP contribution in [0.4, 0.5) is 10.5 Å². The number of aryl methyl sites for hydroxylation is 1. The molecule has 1 saturated heterocycles. The first-order chi connectivity index (χ1) is 11.6. The Kier molecular flexibility index (Phi) is 5.64. The maximum atomic E-state index is 12.5. The van der Waals surface area contributed by atoms with Gasteiger partial charge in [-0.2, -0.15) is 0 Å². The summed E-state index contributed by atoms with van der Waals surface area (Å²) in [5.41, 5.74) is 4.01. The Morgan fingerprint density at radius 2 is 1.67 bits per heavy atom. The summed E-state index contributed by atoms with van der Waals surface area (Å²) in [4.78, 5) is 16.9. The third-order valence-corrected chi connectivity index (χ3v) is 5.67. The highest BCUT2D eigenvalue weighted by atomic mass is 16.2. The maximum Gasteiger partial charge on any atom is 0.317 e. The van der Waals surface area contributed by atoms with Gasteiger partial charge in [0.2, 0.25) is 0 Å². The SMILES string of the molecule is Cc1cccc(N2CCN(C(=O)NC3CCCCCC3)CC2)c1C. The fraction of sp³-hybridized carbons (Fsp3) is 0.650. The Labute approximate surface area is 146 Å². The fourth-order valence-corrected chi connectivity index (χ4v) is 3.92. The zero-order valence-corrected chi connectivity index (χ0v) is 15.2. The average molecular weight is 329 g/mol. The van der Waals surface area contributed by atoms with E-state index in [2.05, 4.69) is 42.3 Å². The molecule has 4 heteroatoms. The lowest BCUT2D eigenvalue weighted by Crippen LogP contribution is -2.53. The van der Waals surface area contributed by atoms with E-state index in [1.165, 1.54) is 42.5 Å². The van der Waals surface area contributed by atoms with Gasteiger partial charge in [0.1, 0.15) is 0 Å². The van der Waals surface area contributed by atoms with Crippen molar-refractivity contribution in [3.8, 4) is 0 Å². The maximum absolute atomic E-state index is 12.5. The predicted molar refractivity (Wildman–Crippen MR) is 99.7 cm³/mol. The summed E-state index contributed by atoms with van der Waals surface area (Å²) in [6, 6.07) is 7.02. The van der Waals surface area contributed by atoms with E-state index in [1.807, 2.05) is 4.90 Å². The van der Waals surface area contributed by atoms with Crippen LogP contribution in [0.5, 0.6) is 0 Å². The molecule has 1 saturated carbocycles. The molecule has 4 nitrogen and oxygen atoms in total. The van der Waals surface area contributed by atoms with Crippen LogP contribution >= 0.6 is 0 Å². The van der Waals surface area contributed by atoms with Crippen LogP contribution < -0.4 is 10.2 Å². The van der Waals surface area contributed by atoms with Crippen molar-refractivity contribution in [2.45, 2.75) is 58.4 Å². The van der Waals surface area contributed by atoms with Crippen molar-refractivity contribution < 1.29 is 4.79 Å². The van der Waals surface area contributed by atoms with E-state index in [1.54, 1.807) is 0 Å². The van der Waals surface area contributed by atoms with E-state index in [0.29, 0.717) is 6.04 Å². The summed E-state index contributed by atoms with van der Waals surface area (Å²) >= 11 is 0. The monoisotopic (exact) mass is 329 g/mol. The van der Waals surface area contributed by atoms with Gasteiger partial charge in [-0.05, 0) is 43.9 Å². The number of carbonyl (C=O) groups is 1. The number of urea groups is 1. The zero-order chi connectivity index (χ0) is 16.9. The molecule has 0 radical (unpaired) electrons. The summed E-state index contributed by atoms with van der Waals surface area (Å²) < 4.78 is 0. The minimum atomic E-state index is 0.141. The van der Waals surface area contributed by atoms with Gasteiger partial charge in [-0.1, -0.05) is 37.8 Å². The molecule has 0 unspecified atom stereocenters. The number of nitrogens with zero attached hydrogens (tertiary/aromatic N) is 2. The van der Waals surface area contributed by atoms with Gasteiger partial charge in [0.15, 0.2) is 0 Å². The third kappa shape index (κ3) is 4.03. The topological polar surface area (TPSA) is 35.6 Å². The van der Waals surface area contributed by atoms with Crippen molar-refractivity contribution in [2.75, 3.05) is 31.1 Å². The minimum absolute atomic E-state index is 0.141. The van der Waals surface area contributed by atoms with Crippen LogP contribution in [0.25, 0.3) is 0 Å². The molecule has 3 rings (SSSR count). The summed E-state index contributed by atoms with van der Waals surface area (Å²) in [7, 11) is 0. The van der Waals surface area contributed by atoms with Gasteiger partial charge >= 0.3 is 6.03 Å². The lowest BCUT2D eigenvalue weighted by atomic mass is 10.1. The van der Waals surface area contributed by atoms with Gasteiger partial charge in [-0.25, -0.2) is 4.79 Å². The van der Waals surface area contributed by atoms with Crippen LogP contribution in [0.1, 0.15) is 49.7 Å². The van der Waals surface area contributed by atoms with Crippen LogP contribution in [0.3, 0.4) is 0 Å². The number of rotatable bonds is 2. The van der Waals surface area contributed by atoms with Crippen LogP contribution in [-0.2, 0) is 0 Å². The van der Waals surface area contributed by atoms with Crippen molar-refractivity contribution in [1.82, 2.24) is 10.2 Å². The number of anilines is 1. The molecule has 0 spiro atoms. The molecule has 0 bridgehead atoms. The molecule has 24 heavy (non-hydrogen) atoms. The number of hydrogen-bond donors (Lipinski definition) is 1. The van der Waals surface area contributed by atoms with Crippen LogP contribution in [-0.4, -0.2) is 43.2 Å². The Morgan fingerprint density at radius 3 is 2.33 bits per heavy atom. The Morgan fingerprint density at radius 1 is 1.00 bits per heavy atom. The van der Waals surface area contributed by atoms with Crippen molar-refractivity contribution in [3.05, 3.63) is 29.3 Å². The molecule has 0 atom stereocenters. The Balaban J connectivity index is 1.52. The van der Waals surface area contributed by atoms with Crippen molar-refractivity contribution in [1.29, 1.82) is 0 Å². The van der Waals surface area contributed by atoms with Crippen molar-refractivity contribution in [3.63, 3.8) is 0 Å². The largest absolute Gasteiger partial charge is 0.368 e. The molecular formula is C20H31N3O. The van der Waals surface area contributed by atoms with Crippen LogP contribution in [0.2, 0.25) is 0 Å². The molecule has 2 aliphatic rings. The number of carbonyl (C=O) groups excluding carboxylic acids is 1. The molecular weight excluding hydrogens is 298 g/mol. The number of piperazine rings is 1. The second-order valence-corrected chi connectivity index (χ2v) is 7.33. The molecule has 1 aromatic rings. The second-order valence-electron chi connectivity index (χ2n) is 7.33. The molecule has 132 valence electrons. The zero-order valence-electron chi connectivity index (χ0n) is 15.2. The lowest BCUT2D eigenvalue weighted by Gasteiger charge is -2.37. The fourth-order valence-electron chi connectivity index (χ4n) is 3.92. The number of nitrogens with one attached hydrogen (secondary N) is 1. The predicted octanol–water partition coefficient (Wildman–Crippen LogP) is 3.86. The summed E-state index contributed by atoms with van der Waals surface area (Å²) in [5, 5.41) is 3.27. The van der Waals surface area contributed by atoms with E-state index in [4.69, 9.17) is 0 Å². The summed E-state index contributed by atoms with van der Waals surface area (Å²) in [6.07, 6.45) is 7.45. The highest BCUT2D eigenvalue weighted by Crippen LogP contribution is 2.24. The Hall–Kier alpha value is -1.71. The summed E-state index contributed by atoms with van der Waals surface area (Å²) in [5.74, 6) is 0. The van der Waals surface area contributed by atoms with Crippen molar-refractivity contribution in [2.24, 2.45) is 0 Å². The molecule has 1 heterocycles. The van der Waals surface area contributed by atoms with E-state index in [0.717, 1.165) is 39.0 Å². The standard InChI is InChI=1S/C20H31N3O/c1-16-8-7-11-19(17(16)2)22-12-14-23(15-13-22)20(24)21-18-9-5-3-4-6-10-18/h7-8,11,18H,3-6,9-10,12-15H2,1-2H3,(H,21,24). The molecule has 2 fully saturated rings. The smallest absolute Gasteiger partial charge is 0.317 e. The first-order valence-electron chi connectivity index (χ1n) is 9.52. The number of hydrogen-bond acceptors (Lipinski definition) is 2.